The average molecular weight is 571 g/mol. The van der Waals surface area contributed by atoms with Crippen LogP contribution in [0.1, 0.15) is 51.5 Å². The van der Waals surface area contributed by atoms with E-state index in [9.17, 15) is 24.3 Å². The highest BCUT2D eigenvalue weighted by molar-refractivity contribution is 5.94. The molecule has 4 atom stereocenters. The molecular weight excluding hydrogens is 528 g/mol. The fourth-order valence-electron chi connectivity index (χ4n) is 5.11. The lowest BCUT2D eigenvalue weighted by atomic mass is 10.0. The van der Waals surface area contributed by atoms with Crippen LogP contribution in [-0.4, -0.2) is 81.9 Å². The van der Waals surface area contributed by atoms with Gasteiger partial charge in [0, 0.05) is 36.6 Å². The number of aromatic nitrogens is 1. The van der Waals surface area contributed by atoms with Crippen molar-refractivity contribution < 1.29 is 24.3 Å². The Morgan fingerprint density at radius 3 is 2.56 bits per heavy atom. The number of nitrogens with zero attached hydrogens (tertiary/aromatic N) is 2. The third-order valence-electron chi connectivity index (χ3n) is 7.18. The topological polar surface area (TPSA) is 222 Å². The number of H-pyrrole nitrogens is 1. The number of guanidine groups is 1. The SMILES string of the molecule is CC(C)CC(NC(=O)C(N)CCCN=C(N)N)C(=O)N1CCCC1C(=O)NC(Cc1c[nH]c2ccccc12)C(=O)O. The van der Waals surface area contributed by atoms with Gasteiger partial charge in [-0.3, -0.25) is 19.4 Å². The van der Waals surface area contributed by atoms with E-state index in [4.69, 9.17) is 17.2 Å². The van der Waals surface area contributed by atoms with Crippen LogP contribution in [0.2, 0.25) is 0 Å². The highest BCUT2D eigenvalue weighted by Crippen LogP contribution is 2.22. The highest BCUT2D eigenvalue weighted by atomic mass is 16.4. The molecular formula is C28H42N8O5. The number of hydrogen-bond donors (Lipinski definition) is 7. The van der Waals surface area contributed by atoms with Gasteiger partial charge in [0.2, 0.25) is 17.7 Å². The van der Waals surface area contributed by atoms with E-state index in [0.717, 1.165) is 16.5 Å². The molecule has 3 amide bonds. The molecule has 1 aliphatic heterocycles. The quantitative estimate of drug-likeness (QED) is 0.0940. The zero-order valence-electron chi connectivity index (χ0n) is 23.6. The van der Waals surface area contributed by atoms with Crippen LogP contribution in [0.4, 0.5) is 0 Å². The number of amides is 3. The second kappa shape index (κ2) is 14.5. The highest BCUT2D eigenvalue weighted by Gasteiger charge is 2.39. The van der Waals surface area contributed by atoms with Gasteiger partial charge in [-0.2, -0.15) is 0 Å². The summed E-state index contributed by atoms with van der Waals surface area (Å²) >= 11 is 0. The fourth-order valence-corrected chi connectivity index (χ4v) is 5.11. The fraction of sp³-hybridized carbons (Fsp3) is 0.536. The van der Waals surface area contributed by atoms with Gasteiger partial charge in [-0.15, -0.1) is 0 Å². The molecule has 1 saturated heterocycles. The summed E-state index contributed by atoms with van der Waals surface area (Å²) in [7, 11) is 0. The molecule has 10 N–H and O–H groups in total. The van der Waals surface area contributed by atoms with Crippen LogP contribution < -0.4 is 27.8 Å². The molecule has 4 unspecified atom stereocenters. The van der Waals surface area contributed by atoms with E-state index in [-0.39, 0.29) is 24.2 Å². The van der Waals surface area contributed by atoms with Gasteiger partial charge in [-0.25, -0.2) is 4.79 Å². The summed E-state index contributed by atoms with van der Waals surface area (Å²) in [5.41, 5.74) is 18.3. The molecule has 0 bridgehead atoms. The van der Waals surface area contributed by atoms with E-state index in [1.54, 1.807) is 6.20 Å². The molecule has 1 aliphatic rings. The van der Waals surface area contributed by atoms with Crippen LogP contribution in [-0.2, 0) is 25.6 Å². The van der Waals surface area contributed by atoms with E-state index in [1.165, 1.54) is 4.90 Å². The van der Waals surface area contributed by atoms with Gasteiger partial charge in [0.05, 0.1) is 6.04 Å². The molecule has 2 heterocycles. The van der Waals surface area contributed by atoms with E-state index in [0.29, 0.717) is 45.2 Å². The zero-order chi connectivity index (χ0) is 30.1. The average Bonchev–Trinajstić information content (AvgIpc) is 3.57. The molecule has 2 aromatic rings. The van der Waals surface area contributed by atoms with Crippen LogP contribution in [0.3, 0.4) is 0 Å². The lowest BCUT2D eigenvalue weighted by Gasteiger charge is -2.30. The lowest BCUT2D eigenvalue weighted by Crippen LogP contribution is -2.57. The predicted octanol–water partition coefficient (Wildman–Crippen LogP) is 0.183. The molecule has 41 heavy (non-hydrogen) atoms. The maximum atomic E-state index is 13.6. The zero-order valence-corrected chi connectivity index (χ0v) is 23.6. The van der Waals surface area contributed by atoms with Crippen molar-refractivity contribution in [3.63, 3.8) is 0 Å². The Morgan fingerprint density at radius 1 is 1.15 bits per heavy atom. The van der Waals surface area contributed by atoms with Crippen LogP contribution in [0.25, 0.3) is 10.9 Å². The summed E-state index contributed by atoms with van der Waals surface area (Å²) in [6.07, 6.45) is 3.97. The summed E-state index contributed by atoms with van der Waals surface area (Å²) in [5, 5.41) is 16.2. The number of nitrogens with two attached hydrogens (primary N) is 3. The van der Waals surface area contributed by atoms with Gasteiger partial charge >= 0.3 is 5.97 Å². The minimum atomic E-state index is -1.18. The Morgan fingerprint density at radius 2 is 1.88 bits per heavy atom. The Bertz CT molecular complexity index is 1260. The largest absolute Gasteiger partial charge is 0.480 e. The number of hydrogen-bond acceptors (Lipinski definition) is 6. The number of carboxylic acids is 1. The van der Waals surface area contributed by atoms with Gasteiger partial charge < -0.3 is 42.8 Å². The van der Waals surface area contributed by atoms with Gasteiger partial charge in [0.1, 0.15) is 18.1 Å². The first-order chi connectivity index (χ1) is 19.5. The number of likely N-dealkylation sites (tertiary alicyclic amines) is 1. The summed E-state index contributed by atoms with van der Waals surface area (Å²) < 4.78 is 0. The van der Waals surface area contributed by atoms with Crippen LogP contribution >= 0.6 is 0 Å². The first-order valence-corrected chi connectivity index (χ1v) is 14.0. The number of para-hydroxylation sites is 1. The summed E-state index contributed by atoms with van der Waals surface area (Å²) in [6, 6.07) is 3.77. The van der Waals surface area contributed by atoms with Crippen molar-refractivity contribution in [3.05, 3.63) is 36.0 Å². The van der Waals surface area contributed by atoms with Gasteiger partial charge in [0.15, 0.2) is 5.96 Å². The number of rotatable bonds is 14. The van der Waals surface area contributed by atoms with Gasteiger partial charge in [-0.05, 0) is 49.7 Å². The number of aromatic amines is 1. The number of carbonyl (C=O) groups is 4. The first kappa shape index (κ1) is 31.4. The standard InChI is InChI=1S/C28H42N8O5/c1-16(2)13-21(34-24(37)19(29)8-5-11-32-28(30)31)26(39)36-12-6-10-23(36)25(38)35-22(27(40)41)14-17-15-33-20-9-4-3-7-18(17)20/h3-4,7,9,15-16,19,21-23,33H,5-6,8,10-14,29H2,1-2H3,(H,34,37)(H,35,38)(H,40,41)(H4,30,31,32). The molecule has 1 aromatic carbocycles. The minimum absolute atomic E-state index is 0.0394. The van der Waals surface area contributed by atoms with E-state index < -0.39 is 42.0 Å². The number of fused-ring (bicyclic) bond motifs is 1. The lowest BCUT2D eigenvalue weighted by molar-refractivity contribution is -0.145. The van der Waals surface area contributed by atoms with E-state index in [1.807, 2.05) is 38.1 Å². The van der Waals surface area contributed by atoms with Crippen LogP contribution in [0, 0.1) is 5.92 Å². The van der Waals surface area contributed by atoms with Crippen molar-refractivity contribution >= 4 is 40.6 Å². The molecule has 0 spiro atoms. The molecule has 0 aliphatic carbocycles. The number of benzene rings is 1. The third-order valence-corrected chi connectivity index (χ3v) is 7.18. The van der Waals surface area contributed by atoms with Crippen LogP contribution in [0.5, 0.6) is 0 Å². The second-order valence-corrected chi connectivity index (χ2v) is 10.9. The van der Waals surface area contributed by atoms with Crippen LogP contribution in [0.15, 0.2) is 35.5 Å². The van der Waals surface area contributed by atoms with E-state index in [2.05, 4.69) is 20.6 Å². The molecule has 0 saturated carbocycles. The molecule has 1 fully saturated rings. The minimum Gasteiger partial charge on any atom is -0.480 e. The molecule has 13 nitrogen and oxygen atoms in total. The summed E-state index contributed by atoms with van der Waals surface area (Å²) in [6.45, 7) is 4.52. The Labute approximate surface area is 239 Å². The number of aliphatic carboxylic acids is 1. The van der Waals surface area contributed by atoms with Crippen molar-refractivity contribution in [3.8, 4) is 0 Å². The monoisotopic (exact) mass is 570 g/mol. The van der Waals surface area contributed by atoms with Gasteiger partial charge in [0.25, 0.3) is 0 Å². The predicted molar refractivity (Wildman–Crippen MR) is 156 cm³/mol. The van der Waals surface area contributed by atoms with Crippen molar-refractivity contribution in [1.29, 1.82) is 0 Å². The number of aliphatic imine (C=N–C) groups is 1. The number of carboxylic acid groups (broad SMARTS) is 1. The Kier molecular flexibility index (Phi) is 11.1. The van der Waals surface area contributed by atoms with Crippen molar-refractivity contribution in [2.75, 3.05) is 13.1 Å². The Hall–Kier alpha value is -4.13. The Balaban J connectivity index is 1.67. The van der Waals surface area contributed by atoms with Crippen molar-refractivity contribution in [2.45, 2.75) is 76.5 Å². The molecule has 1 aromatic heterocycles. The normalized spacial score (nSPS) is 17.2. The van der Waals surface area contributed by atoms with Crippen molar-refractivity contribution in [1.82, 2.24) is 20.5 Å². The number of carbonyl (C=O) groups excluding carboxylic acids is 3. The molecule has 3 rings (SSSR count). The summed E-state index contributed by atoms with van der Waals surface area (Å²) in [4.78, 5) is 60.3. The second-order valence-electron chi connectivity index (χ2n) is 10.9. The third kappa shape index (κ3) is 8.68. The maximum Gasteiger partial charge on any atom is 0.326 e. The van der Waals surface area contributed by atoms with Crippen molar-refractivity contribution in [2.24, 2.45) is 28.1 Å². The first-order valence-electron chi connectivity index (χ1n) is 14.0. The molecule has 0 radical (unpaired) electrons. The maximum absolute atomic E-state index is 13.6. The summed E-state index contributed by atoms with van der Waals surface area (Å²) in [5.74, 6) is -2.53. The number of nitrogens with one attached hydrogen (secondary N) is 3. The smallest absolute Gasteiger partial charge is 0.326 e. The van der Waals surface area contributed by atoms with E-state index >= 15 is 0 Å². The van der Waals surface area contributed by atoms with Gasteiger partial charge in [-0.1, -0.05) is 32.0 Å². The molecule has 13 heteroatoms. The molecule has 224 valence electrons.